The largest absolute Gasteiger partial charge is 0.450 e. The van der Waals surface area contributed by atoms with Gasteiger partial charge in [-0.2, -0.15) is 0 Å². The molecule has 0 saturated heterocycles. The Bertz CT molecular complexity index is 1430. The third-order valence-corrected chi connectivity index (χ3v) is 6.73. The summed E-state index contributed by atoms with van der Waals surface area (Å²) in [5.41, 5.74) is 1.84. The Morgan fingerprint density at radius 3 is 2.58 bits per heavy atom. The van der Waals surface area contributed by atoms with Gasteiger partial charge in [-0.3, -0.25) is 14.5 Å². The van der Waals surface area contributed by atoms with Crippen molar-refractivity contribution in [2.24, 2.45) is 5.92 Å². The first-order valence-electron chi connectivity index (χ1n) is 10.9. The zero-order chi connectivity index (χ0) is 23.3. The lowest BCUT2D eigenvalue weighted by Crippen LogP contribution is -2.29. The van der Waals surface area contributed by atoms with Gasteiger partial charge in [0.1, 0.15) is 16.4 Å². The van der Waals surface area contributed by atoms with Gasteiger partial charge in [-0.05, 0) is 41.7 Å². The van der Waals surface area contributed by atoms with E-state index in [-0.39, 0.29) is 22.3 Å². The van der Waals surface area contributed by atoms with Gasteiger partial charge in [0, 0.05) is 6.42 Å². The first-order valence-corrected chi connectivity index (χ1v) is 11.7. The molecule has 0 spiro atoms. The van der Waals surface area contributed by atoms with Crippen molar-refractivity contribution >= 4 is 33.3 Å². The second-order valence-electron chi connectivity index (χ2n) is 8.56. The summed E-state index contributed by atoms with van der Waals surface area (Å²) >= 11 is 1.33. The van der Waals surface area contributed by atoms with E-state index in [0.29, 0.717) is 11.0 Å². The average molecular weight is 464 g/mol. The second-order valence-corrected chi connectivity index (χ2v) is 9.60. The Labute approximate surface area is 193 Å². The third-order valence-electron chi connectivity index (χ3n) is 5.78. The Kier molecular flexibility index (Phi) is 5.32. The van der Waals surface area contributed by atoms with Gasteiger partial charge in [-0.1, -0.05) is 56.4 Å². The molecule has 1 atom stereocenters. The van der Waals surface area contributed by atoms with Crippen LogP contribution in [0.5, 0.6) is 0 Å². The monoisotopic (exact) mass is 463 g/mol. The SMILES string of the molecule is CCc1ccc(C2c3c(oc4ccc(F)cc4c3=O)C(=O)N2c2nnc(CC(C)C)s2)cc1. The number of halogens is 1. The van der Waals surface area contributed by atoms with Crippen LogP contribution < -0.4 is 10.3 Å². The third kappa shape index (κ3) is 3.64. The van der Waals surface area contributed by atoms with Crippen LogP contribution in [0.15, 0.2) is 51.7 Å². The molecule has 0 N–H and O–H groups in total. The Hall–Kier alpha value is -3.39. The van der Waals surface area contributed by atoms with E-state index in [1.807, 2.05) is 24.3 Å². The van der Waals surface area contributed by atoms with Crippen molar-refractivity contribution < 1.29 is 13.6 Å². The van der Waals surface area contributed by atoms with Gasteiger partial charge < -0.3 is 4.42 Å². The van der Waals surface area contributed by atoms with Gasteiger partial charge in [0.2, 0.25) is 10.9 Å². The van der Waals surface area contributed by atoms with E-state index in [1.165, 1.54) is 28.4 Å². The van der Waals surface area contributed by atoms with Gasteiger partial charge in [0.15, 0.2) is 5.43 Å². The van der Waals surface area contributed by atoms with Crippen LogP contribution in [-0.2, 0) is 12.8 Å². The maximum absolute atomic E-state index is 13.9. The summed E-state index contributed by atoms with van der Waals surface area (Å²) in [6.45, 7) is 6.23. The normalized spacial score (nSPS) is 15.6. The molecule has 5 rings (SSSR count). The summed E-state index contributed by atoms with van der Waals surface area (Å²) < 4.78 is 19.8. The number of benzene rings is 2. The molecule has 4 aromatic rings. The number of aryl methyl sites for hydroxylation is 1. The molecule has 168 valence electrons. The highest BCUT2D eigenvalue weighted by Crippen LogP contribution is 2.42. The van der Waals surface area contributed by atoms with Crippen LogP contribution in [0.4, 0.5) is 9.52 Å². The van der Waals surface area contributed by atoms with Crippen molar-refractivity contribution in [1.82, 2.24) is 10.2 Å². The van der Waals surface area contributed by atoms with Crippen molar-refractivity contribution in [3.8, 4) is 0 Å². The van der Waals surface area contributed by atoms with Gasteiger partial charge in [-0.15, -0.1) is 10.2 Å². The van der Waals surface area contributed by atoms with E-state index in [9.17, 15) is 14.0 Å². The fraction of sp³-hybridized carbons (Fsp3) is 0.280. The van der Waals surface area contributed by atoms with Crippen LogP contribution in [0.25, 0.3) is 11.0 Å². The average Bonchev–Trinajstić information content (AvgIpc) is 3.36. The highest BCUT2D eigenvalue weighted by atomic mass is 32.1. The fourth-order valence-corrected chi connectivity index (χ4v) is 5.24. The second kappa shape index (κ2) is 8.19. The number of aromatic nitrogens is 2. The molecule has 8 heteroatoms. The van der Waals surface area contributed by atoms with Crippen LogP contribution in [0.2, 0.25) is 0 Å². The number of carbonyl (C=O) groups is 1. The van der Waals surface area contributed by atoms with Crippen molar-refractivity contribution in [2.75, 3.05) is 4.90 Å². The number of amides is 1. The first kappa shape index (κ1) is 21.5. The zero-order valence-corrected chi connectivity index (χ0v) is 19.3. The van der Waals surface area contributed by atoms with E-state index in [4.69, 9.17) is 4.42 Å². The van der Waals surface area contributed by atoms with E-state index in [1.54, 1.807) is 0 Å². The molecule has 0 radical (unpaired) electrons. The van der Waals surface area contributed by atoms with Crippen LogP contribution in [-0.4, -0.2) is 16.1 Å². The van der Waals surface area contributed by atoms with Gasteiger partial charge in [0.25, 0.3) is 5.91 Å². The summed E-state index contributed by atoms with van der Waals surface area (Å²) in [5.74, 6) is -0.644. The highest BCUT2D eigenvalue weighted by Gasteiger charge is 2.45. The van der Waals surface area contributed by atoms with Gasteiger partial charge >= 0.3 is 0 Å². The zero-order valence-electron chi connectivity index (χ0n) is 18.5. The van der Waals surface area contributed by atoms with Crippen LogP contribution >= 0.6 is 11.3 Å². The Morgan fingerprint density at radius 2 is 1.88 bits per heavy atom. The minimum atomic E-state index is -0.734. The topological polar surface area (TPSA) is 76.3 Å². The lowest BCUT2D eigenvalue weighted by molar-refractivity contribution is 0.0970. The summed E-state index contributed by atoms with van der Waals surface area (Å²) in [6, 6.07) is 10.8. The van der Waals surface area contributed by atoms with E-state index >= 15 is 0 Å². The molecule has 2 aromatic heterocycles. The molecule has 3 heterocycles. The molecule has 0 aliphatic carbocycles. The smallest absolute Gasteiger partial charge is 0.297 e. The van der Waals surface area contributed by atoms with Gasteiger partial charge in [0.05, 0.1) is 17.0 Å². The molecule has 1 aliphatic heterocycles. The molecule has 33 heavy (non-hydrogen) atoms. The van der Waals surface area contributed by atoms with Crippen LogP contribution in [0.1, 0.15) is 59.1 Å². The number of nitrogens with zero attached hydrogens (tertiary/aromatic N) is 3. The lowest BCUT2D eigenvalue weighted by atomic mass is 9.97. The number of fused-ring (bicyclic) bond motifs is 2. The predicted molar refractivity (Wildman–Crippen MR) is 125 cm³/mol. The first-order chi connectivity index (χ1) is 15.9. The van der Waals surface area contributed by atoms with E-state index in [0.717, 1.165) is 35.0 Å². The van der Waals surface area contributed by atoms with E-state index in [2.05, 4.69) is 31.0 Å². The molecule has 0 fully saturated rings. The Balaban J connectivity index is 1.73. The van der Waals surface area contributed by atoms with Crippen LogP contribution in [0.3, 0.4) is 0 Å². The summed E-state index contributed by atoms with van der Waals surface area (Å²) in [5, 5.41) is 9.86. The summed E-state index contributed by atoms with van der Waals surface area (Å²) in [7, 11) is 0. The predicted octanol–water partition coefficient (Wildman–Crippen LogP) is 5.29. The fourth-order valence-electron chi connectivity index (χ4n) is 4.17. The number of rotatable bonds is 5. The molecule has 1 amide bonds. The molecule has 0 bridgehead atoms. The van der Waals surface area contributed by atoms with Crippen LogP contribution in [0, 0.1) is 11.7 Å². The van der Waals surface area contributed by atoms with Crippen molar-refractivity contribution in [1.29, 1.82) is 0 Å². The number of anilines is 1. The quantitative estimate of drug-likeness (QED) is 0.402. The lowest BCUT2D eigenvalue weighted by Gasteiger charge is -2.22. The molecule has 0 saturated carbocycles. The summed E-state index contributed by atoms with van der Waals surface area (Å²) in [6.07, 6.45) is 1.61. The Morgan fingerprint density at radius 1 is 1.12 bits per heavy atom. The molecule has 1 unspecified atom stereocenters. The number of hydrogen-bond acceptors (Lipinski definition) is 6. The summed E-state index contributed by atoms with van der Waals surface area (Å²) in [4.78, 5) is 28.6. The van der Waals surface area contributed by atoms with E-state index < -0.39 is 23.2 Å². The van der Waals surface area contributed by atoms with Gasteiger partial charge in [-0.25, -0.2) is 4.39 Å². The minimum Gasteiger partial charge on any atom is -0.450 e. The highest BCUT2D eigenvalue weighted by molar-refractivity contribution is 7.15. The number of hydrogen-bond donors (Lipinski definition) is 0. The molecule has 1 aliphatic rings. The molecule has 2 aromatic carbocycles. The molecular formula is C25H22FN3O3S. The van der Waals surface area contributed by atoms with Crippen molar-refractivity contribution in [3.05, 3.63) is 86.0 Å². The van der Waals surface area contributed by atoms with Crippen molar-refractivity contribution in [2.45, 2.75) is 39.7 Å². The minimum absolute atomic E-state index is 0.0377. The number of carbonyl (C=O) groups excluding carboxylic acids is 1. The standard InChI is InChI=1S/C25H22FN3O3S/c1-4-14-5-7-15(8-6-14)21-20-22(30)17-12-16(26)9-10-18(17)32-23(20)24(31)29(21)25-28-27-19(33-25)11-13(2)3/h5-10,12-13,21H,4,11H2,1-3H3. The molecule has 6 nitrogen and oxygen atoms in total. The van der Waals surface area contributed by atoms with Crippen molar-refractivity contribution in [3.63, 3.8) is 0 Å². The molecular weight excluding hydrogens is 441 g/mol. The maximum Gasteiger partial charge on any atom is 0.297 e. The maximum atomic E-state index is 13.9.